The van der Waals surface area contributed by atoms with Gasteiger partial charge in [-0.15, -0.1) is 0 Å². The number of hydrogen-bond acceptors (Lipinski definition) is 5. The van der Waals surface area contributed by atoms with E-state index in [1.165, 1.54) is 12.1 Å². The number of benzene rings is 1. The van der Waals surface area contributed by atoms with Gasteiger partial charge >= 0.3 is 0 Å². The summed E-state index contributed by atoms with van der Waals surface area (Å²) in [5.74, 6) is -0.804. The molecule has 1 aliphatic heterocycles. The Bertz CT molecular complexity index is 647. The lowest BCUT2D eigenvalue weighted by Gasteiger charge is -2.30. The number of amides is 1. The largest absolute Gasteiger partial charge is 0.490 e. The summed E-state index contributed by atoms with van der Waals surface area (Å²) < 4.78 is 19.0. The van der Waals surface area contributed by atoms with Gasteiger partial charge in [0.25, 0.3) is 0 Å². The number of halogens is 1. The van der Waals surface area contributed by atoms with Gasteiger partial charge in [-0.25, -0.2) is 4.39 Å². The van der Waals surface area contributed by atoms with Crippen LogP contribution < -0.4 is 10.1 Å². The summed E-state index contributed by atoms with van der Waals surface area (Å²) in [7, 11) is 0. The van der Waals surface area contributed by atoms with Gasteiger partial charge in [-0.2, -0.15) is 0 Å². The quantitative estimate of drug-likeness (QED) is 0.622. The highest BCUT2D eigenvalue weighted by molar-refractivity contribution is 5.94. The summed E-state index contributed by atoms with van der Waals surface area (Å²) >= 11 is 0. The molecule has 0 radical (unpaired) electrons. The average molecular weight is 323 g/mol. The first-order chi connectivity index (χ1) is 11.0. The zero-order valence-corrected chi connectivity index (χ0v) is 12.3. The lowest BCUT2D eigenvalue weighted by Crippen LogP contribution is -2.43. The molecule has 4 N–H and O–H groups in total. The average Bonchev–Trinajstić information content (AvgIpc) is 2.53. The number of rotatable bonds is 2. The van der Waals surface area contributed by atoms with Crippen LogP contribution in [-0.2, 0) is 4.79 Å². The molecule has 0 saturated carbocycles. The standard InChI is InChI=1S/C16H18FNO5/c17-10-3-1-2-9-11(4-5-23-15(9)10)18-16(22)8-6-12(19)14(21)13(20)7-8/h1-3,6,11-14,19-21H,4-5,7H2,(H,18,22)/t11?,12-,13-,14-/m1/s1. The summed E-state index contributed by atoms with van der Waals surface area (Å²) in [5.41, 5.74) is 0.752. The van der Waals surface area contributed by atoms with E-state index in [0.29, 0.717) is 12.0 Å². The summed E-state index contributed by atoms with van der Waals surface area (Å²) in [6.07, 6.45) is -2.12. The molecule has 1 amide bonds. The molecule has 7 heteroatoms. The Labute approximate surface area is 132 Å². The number of para-hydroxylation sites is 1. The maximum atomic E-state index is 13.7. The Morgan fingerprint density at radius 2 is 2.09 bits per heavy atom. The minimum absolute atomic E-state index is 0.0523. The minimum atomic E-state index is -1.30. The van der Waals surface area contributed by atoms with Crippen LogP contribution in [0.25, 0.3) is 0 Å². The molecule has 1 unspecified atom stereocenters. The number of ether oxygens (including phenoxy) is 1. The van der Waals surface area contributed by atoms with Gasteiger partial charge in [-0.1, -0.05) is 12.1 Å². The topological polar surface area (TPSA) is 99.0 Å². The highest BCUT2D eigenvalue weighted by atomic mass is 19.1. The maximum absolute atomic E-state index is 13.7. The zero-order valence-electron chi connectivity index (χ0n) is 12.3. The molecule has 2 aliphatic rings. The lowest BCUT2D eigenvalue weighted by molar-refractivity contribution is -0.120. The van der Waals surface area contributed by atoms with Crippen molar-refractivity contribution in [2.24, 2.45) is 0 Å². The maximum Gasteiger partial charge on any atom is 0.247 e. The van der Waals surface area contributed by atoms with Crippen molar-refractivity contribution < 1.29 is 29.2 Å². The fraction of sp³-hybridized carbons (Fsp3) is 0.438. The van der Waals surface area contributed by atoms with Crippen molar-refractivity contribution in [2.45, 2.75) is 37.2 Å². The van der Waals surface area contributed by atoms with Gasteiger partial charge in [0.05, 0.1) is 18.8 Å². The zero-order chi connectivity index (χ0) is 16.6. The number of aliphatic hydroxyl groups is 3. The van der Waals surface area contributed by atoms with Crippen LogP contribution in [0.2, 0.25) is 0 Å². The van der Waals surface area contributed by atoms with Crippen LogP contribution in [0.4, 0.5) is 4.39 Å². The second-order valence-corrected chi connectivity index (χ2v) is 5.77. The number of carbonyl (C=O) groups excluding carboxylic acids is 1. The van der Waals surface area contributed by atoms with E-state index in [0.717, 1.165) is 0 Å². The molecule has 1 aromatic carbocycles. The van der Waals surface area contributed by atoms with Crippen LogP contribution in [0.15, 0.2) is 29.8 Å². The second kappa shape index (κ2) is 6.27. The highest BCUT2D eigenvalue weighted by Gasteiger charge is 2.33. The molecular formula is C16H18FNO5. The first kappa shape index (κ1) is 15.9. The van der Waals surface area contributed by atoms with Crippen molar-refractivity contribution in [3.63, 3.8) is 0 Å². The van der Waals surface area contributed by atoms with Gasteiger partial charge in [0, 0.05) is 24.0 Å². The molecule has 0 fully saturated rings. The lowest BCUT2D eigenvalue weighted by atomic mass is 9.91. The van der Waals surface area contributed by atoms with Gasteiger partial charge in [0.2, 0.25) is 5.91 Å². The Morgan fingerprint density at radius 3 is 2.83 bits per heavy atom. The molecular weight excluding hydrogens is 305 g/mol. The van der Waals surface area contributed by atoms with Gasteiger partial charge in [-0.3, -0.25) is 4.79 Å². The van der Waals surface area contributed by atoms with E-state index in [9.17, 15) is 24.5 Å². The number of fused-ring (bicyclic) bond motifs is 1. The summed E-state index contributed by atoms with van der Waals surface area (Å²) in [5, 5.41) is 31.6. The molecule has 3 rings (SSSR count). The molecule has 1 aromatic rings. The Kier molecular flexibility index (Phi) is 4.34. The van der Waals surface area contributed by atoms with Crippen molar-refractivity contribution in [1.82, 2.24) is 5.32 Å². The van der Waals surface area contributed by atoms with E-state index in [2.05, 4.69) is 5.32 Å². The van der Waals surface area contributed by atoms with Crippen LogP contribution >= 0.6 is 0 Å². The molecule has 0 spiro atoms. The SMILES string of the molecule is O=C(NC1CCOc2c(F)cccc21)C1=C[C@@H](O)[C@@H](O)[C@H](O)C1. The van der Waals surface area contributed by atoms with E-state index < -0.39 is 36.1 Å². The summed E-state index contributed by atoms with van der Waals surface area (Å²) in [4.78, 5) is 12.3. The van der Waals surface area contributed by atoms with Crippen LogP contribution in [0.3, 0.4) is 0 Å². The molecule has 0 aromatic heterocycles. The summed E-state index contributed by atoms with van der Waals surface area (Å²) in [6, 6.07) is 4.11. The smallest absolute Gasteiger partial charge is 0.247 e. The summed E-state index contributed by atoms with van der Waals surface area (Å²) in [6.45, 7) is 0.280. The van der Waals surface area contributed by atoms with Crippen LogP contribution in [-0.4, -0.2) is 46.1 Å². The fourth-order valence-electron chi connectivity index (χ4n) is 2.90. The Balaban J connectivity index is 1.77. The third kappa shape index (κ3) is 3.08. The molecule has 6 nitrogen and oxygen atoms in total. The molecule has 124 valence electrons. The molecule has 1 aliphatic carbocycles. The molecule has 4 atom stereocenters. The van der Waals surface area contributed by atoms with E-state index in [1.807, 2.05) is 0 Å². The van der Waals surface area contributed by atoms with E-state index in [-0.39, 0.29) is 24.4 Å². The van der Waals surface area contributed by atoms with Gasteiger partial charge < -0.3 is 25.4 Å². The van der Waals surface area contributed by atoms with Crippen LogP contribution in [0.1, 0.15) is 24.4 Å². The van der Waals surface area contributed by atoms with Gasteiger partial charge in [0.1, 0.15) is 12.2 Å². The fourth-order valence-corrected chi connectivity index (χ4v) is 2.90. The Morgan fingerprint density at radius 1 is 1.30 bits per heavy atom. The van der Waals surface area contributed by atoms with Crippen molar-refractivity contribution in [3.05, 3.63) is 41.2 Å². The van der Waals surface area contributed by atoms with Crippen molar-refractivity contribution in [2.75, 3.05) is 6.61 Å². The number of aliphatic hydroxyl groups excluding tert-OH is 3. The van der Waals surface area contributed by atoms with Gasteiger partial charge in [-0.05, 0) is 12.1 Å². The number of nitrogens with one attached hydrogen (secondary N) is 1. The molecule has 1 heterocycles. The van der Waals surface area contributed by atoms with Crippen molar-refractivity contribution in [1.29, 1.82) is 0 Å². The number of carbonyl (C=O) groups is 1. The first-order valence-electron chi connectivity index (χ1n) is 7.44. The molecule has 0 saturated heterocycles. The van der Waals surface area contributed by atoms with E-state index >= 15 is 0 Å². The van der Waals surface area contributed by atoms with Crippen LogP contribution in [0, 0.1) is 5.82 Å². The number of hydrogen-bond donors (Lipinski definition) is 4. The van der Waals surface area contributed by atoms with Crippen LogP contribution in [0.5, 0.6) is 5.75 Å². The highest BCUT2D eigenvalue weighted by Crippen LogP contribution is 2.34. The predicted octanol–water partition coefficient (Wildman–Crippen LogP) is 0.178. The van der Waals surface area contributed by atoms with E-state index in [1.54, 1.807) is 12.1 Å². The van der Waals surface area contributed by atoms with Gasteiger partial charge in [0.15, 0.2) is 11.6 Å². The van der Waals surface area contributed by atoms with Crippen molar-refractivity contribution in [3.8, 4) is 5.75 Å². The molecule has 0 bridgehead atoms. The monoisotopic (exact) mass is 323 g/mol. The van der Waals surface area contributed by atoms with E-state index in [4.69, 9.17) is 4.74 Å². The third-order valence-electron chi connectivity index (χ3n) is 4.17. The first-order valence-corrected chi connectivity index (χ1v) is 7.44. The second-order valence-electron chi connectivity index (χ2n) is 5.77. The predicted molar refractivity (Wildman–Crippen MR) is 78.1 cm³/mol. The third-order valence-corrected chi connectivity index (χ3v) is 4.17. The Hall–Kier alpha value is -1.96. The molecule has 23 heavy (non-hydrogen) atoms. The minimum Gasteiger partial charge on any atom is -0.490 e. The normalized spacial score (nSPS) is 30.0. The van der Waals surface area contributed by atoms with Crippen molar-refractivity contribution >= 4 is 5.91 Å².